The summed E-state index contributed by atoms with van der Waals surface area (Å²) in [6, 6.07) is 0. The number of aliphatic hydroxyl groups excluding tert-OH is 2. The summed E-state index contributed by atoms with van der Waals surface area (Å²) in [4.78, 5) is 52.6. The van der Waals surface area contributed by atoms with Crippen LogP contribution in [0, 0.1) is 0 Å². The number of hydrogen-bond acceptors (Lipinski definition) is 11. The lowest BCUT2D eigenvalue weighted by atomic mass is 10.1. The highest BCUT2D eigenvalue weighted by Gasteiger charge is 2.28. The molecule has 16 heteroatoms. The van der Waals surface area contributed by atoms with Gasteiger partial charge < -0.3 is 34.4 Å². The molecule has 0 aromatic carbocycles. The van der Waals surface area contributed by atoms with E-state index >= 15 is 0 Å². The number of phosphoric ester groups is 2. The summed E-state index contributed by atoms with van der Waals surface area (Å²) in [6.45, 7) is 1.09. The van der Waals surface area contributed by atoms with Crippen molar-refractivity contribution in [2.45, 2.75) is 154 Å². The monoisotopic (exact) mass is 888 g/mol. The summed E-state index contributed by atoms with van der Waals surface area (Å²) < 4.78 is 47.6. The van der Waals surface area contributed by atoms with Crippen LogP contribution in [0.1, 0.15) is 136 Å². The first-order valence-electron chi connectivity index (χ1n) is 21.3. The molecule has 0 aliphatic rings. The third-order valence-corrected chi connectivity index (χ3v) is 9.71. The second-order valence-corrected chi connectivity index (χ2v) is 16.9. The molecule has 0 saturated carbocycles. The van der Waals surface area contributed by atoms with E-state index in [9.17, 15) is 33.8 Å². The van der Waals surface area contributed by atoms with Gasteiger partial charge >= 0.3 is 27.6 Å². The van der Waals surface area contributed by atoms with Gasteiger partial charge in [-0.25, -0.2) is 9.13 Å². The van der Waals surface area contributed by atoms with Gasteiger partial charge in [0.1, 0.15) is 12.7 Å². The quantitative estimate of drug-likeness (QED) is 0.0168. The molecule has 60 heavy (non-hydrogen) atoms. The fourth-order valence-electron chi connectivity index (χ4n) is 5.08. The molecule has 0 radical (unpaired) electrons. The molecule has 0 rings (SSSR count). The fraction of sp³-hybridized carbons (Fsp3) is 0.636. The first-order chi connectivity index (χ1) is 28.7. The molecule has 0 amide bonds. The zero-order valence-corrected chi connectivity index (χ0v) is 37.7. The van der Waals surface area contributed by atoms with Crippen molar-refractivity contribution < 1.29 is 66.7 Å². The number of phosphoric acid groups is 2. The molecule has 4 atom stereocenters. The Morgan fingerprint density at radius 1 is 0.533 bits per heavy atom. The number of aliphatic hydroxyl groups is 2. The van der Waals surface area contributed by atoms with Crippen LogP contribution in [0.3, 0.4) is 0 Å². The summed E-state index contributed by atoms with van der Waals surface area (Å²) >= 11 is 0. The van der Waals surface area contributed by atoms with Gasteiger partial charge in [-0.15, -0.1) is 0 Å². The smallest absolute Gasteiger partial charge is 0.462 e. The van der Waals surface area contributed by atoms with Gasteiger partial charge in [0.05, 0.1) is 25.9 Å². The van der Waals surface area contributed by atoms with E-state index in [0.29, 0.717) is 19.3 Å². The lowest BCUT2D eigenvalue weighted by Crippen LogP contribution is -2.29. The molecule has 0 aliphatic carbocycles. The normalized spacial score (nSPS) is 15.4. The Morgan fingerprint density at radius 2 is 0.983 bits per heavy atom. The van der Waals surface area contributed by atoms with Crippen LogP contribution in [-0.4, -0.2) is 81.6 Å². The van der Waals surface area contributed by atoms with E-state index in [0.717, 1.165) is 89.9 Å². The number of rotatable bonds is 39. The maximum atomic E-state index is 12.6. The van der Waals surface area contributed by atoms with Crippen LogP contribution >= 0.6 is 15.6 Å². The van der Waals surface area contributed by atoms with Gasteiger partial charge in [0.15, 0.2) is 6.10 Å². The lowest BCUT2D eigenvalue weighted by Gasteiger charge is -2.20. The Morgan fingerprint density at radius 3 is 1.53 bits per heavy atom. The third-order valence-electron chi connectivity index (χ3n) is 8.28. The van der Waals surface area contributed by atoms with Gasteiger partial charge in [-0.3, -0.25) is 23.2 Å². The topological polar surface area (TPSA) is 216 Å². The van der Waals surface area contributed by atoms with Crippen LogP contribution in [0.2, 0.25) is 0 Å². The van der Waals surface area contributed by atoms with E-state index in [1.54, 1.807) is 6.92 Å². The molecule has 0 spiro atoms. The zero-order valence-electron chi connectivity index (χ0n) is 35.9. The van der Waals surface area contributed by atoms with E-state index in [1.807, 2.05) is 12.2 Å². The van der Waals surface area contributed by atoms with E-state index < -0.39 is 66.2 Å². The average molecular weight is 889 g/mol. The van der Waals surface area contributed by atoms with Crippen molar-refractivity contribution in [3.05, 3.63) is 85.1 Å². The van der Waals surface area contributed by atoms with Crippen LogP contribution in [0.5, 0.6) is 0 Å². The summed E-state index contributed by atoms with van der Waals surface area (Å²) in [6.07, 6.45) is 41.4. The van der Waals surface area contributed by atoms with Gasteiger partial charge in [0, 0.05) is 12.8 Å². The minimum atomic E-state index is -4.88. The summed E-state index contributed by atoms with van der Waals surface area (Å²) in [7, 11) is -9.72. The molecular formula is C44H74O14P2. The maximum Gasteiger partial charge on any atom is 0.472 e. The van der Waals surface area contributed by atoms with Crippen molar-refractivity contribution >= 4 is 27.6 Å². The average Bonchev–Trinajstić information content (AvgIpc) is 3.19. The van der Waals surface area contributed by atoms with Crippen molar-refractivity contribution in [1.29, 1.82) is 0 Å². The molecule has 0 aromatic rings. The minimum Gasteiger partial charge on any atom is -0.462 e. The number of esters is 2. The molecule has 0 heterocycles. The van der Waals surface area contributed by atoms with E-state index in [1.165, 1.54) is 0 Å². The number of ether oxygens (including phenoxy) is 2. The van der Waals surface area contributed by atoms with Crippen molar-refractivity contribution in [3.63, 3.8) is 0 Å². The molecule has 14 nitrogen and oxygen atoms in total. The van der Waals surface area contributed by atoms with Gasteiger partial charge in [-0.2, -0.15) is 0 Å². The minimum absolute atomic E-state index is 0.0350. The van der Waals surface area contributed by atoms with Gasteiger partial charge in [-0.05, 0) is 96.8 Å². The Hall–Kier alpha value is -2.74. The highest BCUT2D eigenvalue weighted by Crippen LogP contribution is 2.43. The third kappa shape index (κ3) is 43.4. The highest BCUT2D eigenvalue weighted by atomic mass is 31.2. The van der Waals surface area contributed by atoms with Crippen LogP contribution in [0.15, 0.2) is 85.1 Å². The van der Waals surface area contributed by atoms with Crippen molar-refractivity contribution in [2.24, 2.45) is 0 Å². The molecule has 0 aromatic heterocycles. The molecule has 5 N–H and O–H groups in total. The number of carbonyl (C=O) groups is 2. The van der Waals surface area contributed by atoms with E-state index in [2.05, 4.69) is 88.9 Å². The number of unbranched alkanes of at least 4 members (excludes halogenated alkanes) is 7. The second-order valence-electron chi connectivity index (χ2n) is 14.2. The van der Waals surface area contributed by atoms with Crippen molar-refractivity contribution in [3.8, 4) is 0 Å². The molecular weight excluding hydrogens is 814 g/mol. The Labute approximate surface area is 359 Å². The van der Waals surface area contributed by atoms with Crippen molar-refractivity contribution in [1.82, 2.24) is 0 Å². The van der Waals surface area contributed by atoms with E-state index in [-0.39, 0.29) is 18.9 Å². The largest absolute Gasteiger partial charge is 0.472 e. The summed E-state index contributed by atoms with van der Waals surface area (Å²) in [5, 5.41) is 19.0. The first kappa shape index (κ1) is 57.3. The Bertz CT molecular complexity index is 1400. The van der Waals surface area contributed by atoms with Crippen LogP contribution < -0.4 is 0 Å². The predicted molar refractivity (Wildman–Crippen MR) is 236 cm³/mol. The summed E-state index contributed by atoms with van der Waals surface area (Å²) in [5.74, 6) is -1.14. The molecule has 344 valence electrons. The predicted octanol–water partition coefficient (Wildman–Crippen LogP) is 9.75. The molecule has 0 bridgehead atoms. The van der Waals surface area contributed by atoms with Gasteiger partial charge in [-0.1, -0.05) is 111 Å². The Balaban J connectivity index is 4.67. The van der Waals surface area contributed by atoms with E-state index in [4.69, 9.17) is 23.8 Å². The number of carbonyl (C=O) groups excluding carboxylic acids is 2. The molecule has 0 aliphatic heterocycles. The van der Waals surface area contributed by atoms with Crippen LogP contribution in [-0.2, 0) is 41.8 Å². The van der Waals surface area contributed by atoms with Gasteiger partial charge in [0.2, 0.25) is 0 Å². The fourth-order valence-corrected chi connectivity index (χ4v) is 6.23. The summed E-state index contributed by atoms with van der Waals surface area (Å²) in [5.41, 5.74) is 0. The van der Waals surface area contributed by atoms with Crippen LogP contribution in [0.4, 0.5) is 0 Å². The lowest BCUT2D eigenvalue weighted by molar-refractivity contribution is -0.161. The first-order valence-corrected chi connectivity index (χ1v) is 24.3. The highest BCUT2D eigenvalue weighted by molar-refractivity contribution is 7.47. The Kier molecular flexibility index (Phi) is 37.3. The SMILES string of the molecule is CC/C=C\C/C=C\C/C=C\CCCCCCCC(=O)OC[C@H](COP(=O)(O)OC[C@@H](O)COP(=O)(O)O)OC(=O)CCC/C=C\C/C=C\C/C=C\C/C=C\CCC[C@H](C)O. The zero-order chi connectivity index (χ0) is 44.6. The molecule has 1 unspecified atom stereocenters. The van der Waals surface area contributed by atoms with Crippen molar-refractivity contribution in [2.75, 3.05) is 26.4 Å². The van der Waals surface area contributed by atoms with Crippen LogP contribution in [0.25, 0.3) is 0 Å². The molecule has 0 fully saturated rings. The standard InChI is InChI=1S/C44H74O14P2/c1-3-4-5-6-7-8-9-10-12-16-19-22-25-28-31-34-43(47)54-38-42(39-57-60(52,53)56-37-41(46)36-55-59(49,50)51)58-44(48)35-32-29-26-23-20-17-14-11-13-15-18-21-24-27-30-33-40(2)45/h4-5,7-8,10,12-15,17,21,23-24,26,40-42,45-46H,3,6,9,11,16,18-20,22,25,27-39H2,1-2H3,(H,52,53)(H2,49,50,51)/b5-4-,8-7-,12-10-,15-13-,17-14-,24-21-,26-23-/t40-,41-,42+/m0/s1. The maximum absolute atomic E-state index is 12.6. The molecule has 0 saturated heterocycles. The van der Waals surface area contributed by atoms with Gasteiger partial charge in [0.25, 0.3) is 0 Å². The number of hydrogen-bond donors (Lipinski definition) is 5. The second kappa shape index (κ2) is 39.1. The number of allylic oxidation sites excluding steroid dienone is 14.